The van der Waals surface area contributed by atoms with Gasteiger partial charge in [-0.2, -0.15) is 0 Å². The Kier molecular flexibility index (Phi) is 7.61. The highest BCUT2D eigenvalue weighted by Gasteiger charge is 2.24. The minimum atomic E-state index is -3.92. The van der Waals surface area contributed by atoms with E-state index in [-0.39, 0.29) is 22.9 Å². The van der Waals surface area contributed by atoms with Crippen molar-refractivity contribution in [1.82, 2.24) is 14.2 Å². The predicted octanol–water partition coefficient (Wildman–Crippen LogP) is 3.42. The molecule has 1 aromatic heterocycles. The summed E-state index contributed by atoms with van der Waals surface area (Å²) >= 11 is 0. The topological polar surface area (TPSA) is 57.6 Å². The van der Waals surface area contributed by atoms with Crippen LogP contribution in [-0.4, -0.2) is 57.6 Å². The number of anilines is 1. The molecule has 1 fully saturated rings. The van der Waals surface area contributed by atoms with Crippen LogP contribution in [0.25, 0.3) is 11.3 Å². The molecule has 3 aromatic rings. The van der Waals surface area contributed by atoms with Gasteiger partial charge in [0.2, 0.25) is 0 Å². The Bertz CT molecular complexity index is 1170. The van der Waals surface area contributed by atoms with Crippen LogP contribution in [0.15, 0.2) is 65.7 Å². The van der Waals surface area contributed by atoms with Crippen LogP contribution in [0.1, 0.15) is 5.56 Å². The zero-order chi connectivity index (χ0) is 22.0. The third-order valence-electron chi connectivity index (χ3n) is 5.62. The number of halogens is 2. The molecule has 2 heterocycles. The second kappa shape index (κ2) is 10.0. The van der Waals surface area contributed by atoms with Crippen molar-refractivity contribution in [2.24, 2.45) is 0 Å². The summed E-state index contributed by atoms with van der Waals surface area (Å²) < 4.78 is 43.0. The van der Waals surface area contributed by atoms with Crippen LogP contribution in [0.2, 0.25) is 0 Å². The van der Waals surface area contributed by atoms with Crippen LogP contribution in [0.5, 0.6) is 0 Å². The summed E-state index contributed by atoms with van der Waals surface area (Å²) in [4.78, 5) is 4.63. The van der Waals surface area contributed by atoms with Crippen LogP contribution < -0.4 is 10.2 Å². The number of likely N-dealkylation sites (N-methyl/N-ethyl adjacent to an activating group) is 1. The first kappa shape index (κ1) is 24.3. The van der Waals surface area contributed by atoms with E-state index in [1.807, 2.05) is 6.07 Å². The number of nitrogens with zero attached hydrogens (tertiary/aromatic N) is 3. The summed E-state index contributed by atoms with van der Waals surface area (Å²) in [5, 5.41) is 3.02. The normalized spacial score (nSPS) is 14.9. The molecule has 0 bridgehead atoms. The van der Waals surface area contributed by atoms with Crippen molar-refractivity contribution >= 4 is 28.1 Å². The fourth-order valence-electron chi connectivity index (χ4n) is 3.88. The molecular weight excluding hydrogens is 451 g/mol. The molecule has 0 saturated carbocycles. The van der Waals surface area contributed by atoms with Gasteiger partial charge in [-0.15, -0.1) is 12.4 Å². The smallest absolute Gasteiger partial charge is 0.268 e. The van der Waals surface area contributed by atoms with Crippen molar-refractivity contribution in [2.45, 2.75) is 11.4 Å². The highest BCUT2D eigenvalue weighted by atomic mass is 35.5. The molecule has 0 amide bonds. The first-order valence-electron chi connectivity index (χ1n) is 10.3. The summed E-state index contributed by atoms with van der Waals surface area (Å²) in [5.41, 5.74) is 2.21. The second-order valence-corrected chi connectivity index (χ2v) is 9.65. The molecule has 1 saturated heterocycles. The molecule has 1 aliphatic rings. The van der Waals surface area contributed by atoms with Gasteiger partial charge in [0.05, 0.1) is 10.6 Å². The molecule has 9 heteroatoms. The van der Waals surface area contributed by atoms with Gasteiger partial charge in [0.15, 0.2) is 0 Å². The third-order valence-corrected chi connectivity index (χ3v) is 7.29. The number of nitrogens with one attached hydrogen (secondary N) is 1. The summed E-state index contributed by atoms with van der Waals surface area (Å²) in [6.07, 6.45) is 1.57. The lowest BCUT2D eigenvalue weighted by atomic mass is 10.1. The Morgan fingerprint density at radius 1 is 1.00 bits per heavy atom. The van der Waals surface area contributed by atoms with Gasteiger partial charge < -0.3 is 15.1 Å². The molecule has 0 spiro atoms. The zero-order valence-electron chi connectivity index (χ0n) is 18.2. The van der Waals surface area contributed by atoms with Crippen LogP contribution in [0.4, 0.5) is 10.1 Å². The van der Waals surface area contributed by atoms with Crippen molar-refractivity contribution in [2.75, 3.05) is 45.2 Å². The fourth-order valence-corrected chi connectivity index (χ4v) is 5.31. The molecule has 1 N–H and O–H groups in total. The summed E-state index contributed by atoms with van der Waals surface area (Å²) in [6, 6.07) is 15.0. The van der Waals surface area contributed by atoms with Crippen LogP contribution in [-0.2, 0) is 16.6 Å². The monoisotopic (exact) mass is 478 g/mol. The van der Waals surface area contributed by atoms with Gasteiger partial charge in [-0.25, -0.2) is 16.8 Å². The zero-order valence-corrected chi connectivity index (χ0v) is 19.8. The molecule has 32 heavy (non-hydrogen) atoms. The van der Waals surface area contributed by atoms with E-state index < -0.39 is 15.8 Å². The number of rotatable bonds is 6. The van der Waals surface area contributed by atoms with Crippen molar-refractivity contribution < 1.29 is 12.8 Å². The van der Waals surface area contributed by atoms with Crippen LogP contribution in [0.3, 0.4) is 0 Å². The second-order valence-electron chi connectivity index (χ2n) is 7.83. The average Bonchev–Trinajstić information content (AvgIpc) is 3.19. The van der Waals surface area contributed by atoms with E-state index in [4.69, 9.17) is 0 Å². The summed E-state index contributed by atoms with van der Waals surface area (Å²) in [6.45, 7) is 4.02. The molecule has 0 radical (unpaired) electrons. The van der Waals surface area contributed by atoms with Crippen LogP contribution >= 0.6 is 12.4 Å². The molecule has 0 unspecified atom stereocenters. The van der Waals surface area contributed by atoms with Crippen molar-refractivity contribution in [3.8, 4) is 11.3 Å². The molecule has 0 aliphatic carbocycles. The van der Waals surface area contributed by atoms with E-state index in [1.165, 1.54) is 10.0 Å². The van der Waals surface area contributed by atoms with Gasteiger partial charge in [-0.05, 0) is 56.1 Å². The largest absolute Gasteiger partial charge is 0.369 e. The molecule has 1 aliphatic heterocycles. The SMILES string of the molecule is CNCc1cc(-c2ccccc2F)n(S(=O)(=O)c2cccc(N3CCN(C)CC3)c2)c1.Cl. The maximum atomic E-state index is 14.5. The van der Waals surface area contributed by atoms with Crippen molar-refractivity contribution in [3.63, 3.8) is 0 Å². The van der Waals surface area contributed by atoms with E-state index >= 15 is 0 Å². The molecule has 172 valence electrons. The van der Waals surface area contributed by atoms with Gasteiger partial charge in [0, 0.05) is 50.2 Å². The molecular formula is C23H28ClFN4O2S. The summed E-state index contributed by atoms with van der Waals surface area (Å²) in [5.74, 6) is -0.459. The van der Waals surface area contributed by atoms with Crippen molar-refractivity contribution in [1.29, 1.82) is 0 Å². The minimum absolute atomic E-state index is 0. The number of benzene rings is 2. The quantitative estimate of drug-likeness (QED) is 0.588. The van der Waals surface area contributed by atoms with E-state index in [0.717, 1.165) is 37.4 Å². The number of hydrogen-bond acceptors (Lipinski definition) is 5. The van der Waals surface area contributed by atoms with Gasteiger partial charge in [-0.1, -0.05) is 18.2 Å². The Hall–Kier alpha value is -2.39. The fraction of sp³-hybridized carbons (Fsp3) is 0.304. The maximum absolute atomic E-state index is 14.5. The van der Waals surface area contributed by atoms with E-state index in [2.05, 4.69) is 22.2 Å². The maximum Gasteiger partial charge on any atom is 0.268 e. The van der Waals surface area contributed by atoms with Gasteiger partial charge in [0.1, 0.15) is 5.82 Å². The van der Waals surface area contributed by atoms with Gasteiger partial charge in [-0.3, -0.25) is 0 Å². The lowest BCUT2D eigenvalue weighted by Gasteiger charge is -2.34. The third kappa shape index (κ3) is 4.83. The first-order chi connectivity index (χ1) is 14.9. The van der Waals surface area contributed by atoms with E-state index in [0.29, 0.717) is 12.2 Å². The number of aromatic nitrogens is 1. The number of hydrogen-bond donors (Lipinski definition) is 1. The van der Waals surface area contributed by atoms with Crippen LogP contribution in [0, 0.1) is 5.82 Å². The Balaban J connectivity index is 0.00000289. The Morgan fingerprint density at radius 3 is 2.41 bits per heavy atom. The van der Waals surface area contributed by atoms with Gasteiger partial charge in [0.25, 0.3) is 10.0 Å². The molecule has 6 nitrogen and oxygen atoms in total. The molecule has 2 aromatic carbocycles. The highest BCUT2D eigenvalue weighted by Crippen LogP contribution is 2.30. The van der Waals surface area contributed by atoms with Crippen molar-refractivity contribution in [3.05, 3.63) is 72.2 Å². The molecule has 4 rings (SSSR count). The number of piperazine rings is 1. The Labute approximate surface area is 195 Å². The first-order valence-corrected chi connectivity index (χ1v) is 11.7. The lowest BCUT2D eigenvalue weighted by molar-refractivity contribution is 0.313. The van der Waals surface area contributed by atoms with E-state index in [9.17, 15) is 12.8 Å². The Morgan fingerprint density at radius 2 is 1.72 bits per heavy atom. The van der Waals surface area contributed by atoms with Gasteiger partial charge >= 0.3 is 0 Å². The standard InChI is InChI=1S/C23H27FN4O2S.ClH/c1-25-16-18-14-23(21-8-3-4-9-22(21)24)28(17-18)31(29,30)20-7-5-6-19(15-20)27-12-10-26(2)11-13-27;/h3-9,14-15,17,25H,10-13,16H2,1-2H3;1H. The lowest BCUT2D eigenvalue weighted by Crippen LogP contribution is -2.44. The van der Waals surface area contributed by atoms with E-state index in [1.54, 1.807) is 55.7 Å². The summed E-state index contributed by atoms with van der Waals surface area (Å²) in [7, 11) is -0.0524. The minimum Gasteiger partial charge on any atom is -0.369 e. The molecule has 0 atom stereocenters. The highest BCUT2D eigenvalue weighted by molar-refractivity contribution is 7.90. The average molecular weight is 479 g/mol. The predicted molar refractivity (Wildman–Crippen MR) is 129 cm³/mol.